The lowest BCUT2D eigenvalue weighted by Crippen LogP contribution is -2.19. The molecule has 0 amide bonds. The monoisotopic (exact) mass is 209 g/mol. The Kier molecular flexibility index (Phi) is 3.25. The van der Waals surface area contributed by atoms with Gasteiger partial charge in [0.15, 0.2) is 0 Å². The molecule has 2 rings (SSSR count). The van der Waals surface area contributed by atoms with E-state index >= 15 is 0 Å². The first kappa shape index (κ1) is 11.0. The maximum absolute atomic E-state index is 11.2. The topological polar surface area (TPSA) is 112 Å². The van der Waals surface area contributed by atoms with E-state index in [1.165, 1.54) is 0 Å². The van der Waals surface area contributed by atoms with Crippen molar-refractivity contribution in [3.05, 3.63) is 38.9 Å². The van der Waals surface area contributed by atoms with E-state index in [2.05, 4.69) is 10.2 Å². The molecule has 0 radical (unpaired) electrons. The van der Waals surface area contributed by atoms with Crippen LogP contribution >= 0.6 is 0 Å². The Morgan fingerprint density at radius 2 is 1.73 bits per heavy atom. The van der Waals surface area contributed by atoms with Gasteiger partial charge in [-0.2, -0.15) is 0 Å². The van der Waals surface area contributed by atoms with Crippen molar-refractivity contribution in [3.63, 3.8) is 0 Å². The van der Waals surface area contributed by atoms with Crippen molar-refractivity contribution in [2.24, 2.45) is 0 Å². The summed E-state index contributed by atoms with van der Waals surface area (Å²) in [7, 11) is 1.00. The number of anilines is 1. The SMILES string of the molecule is CO.Nc1cccc2c(=O)[nH][nH]c(=O)c12. The number of aliphatic hydroxyl groups excluding tert-OH is 1. The average Bonchev–Trinajstić information content (AvgIpc) is 2.26. The predicted octanol–water partition coefficient (Wildman–Crippen LogP) is -0.593. The average molecular weight is 209 g/mol. The second-order valence-electron chi connectivity index (χ2n) is 2.68. The second kappa shape index (κ2) is 4.43. The van der Waals surface area contributed by atoms with Gasteiger partial charge in [0.2, 0.25) is 0 Å². The van der Waals surface area contributed by atoms with Gasteiger partial charge in [0.05, 0.1) is 10.8 Å². The van der Waals surface area contributed by atoms with Gasteiger partial charge in [-0.15, -0.1) is 0 Å². The van der Waals surface area contributed by atoms with E-state index in [1.54, 1.807) is 18.2 Å². The summed E-state index contributed by atoms with van der Waals surface area (Å²) in [4.78, 5) is 22.4. The van der Waals surface area contributed by atoms with Crippen LogP contribution in [0.1, 0.15) is 0 Å². The third-order valence-electron chi connectivity index (χ3n) is 1.86. The summed E-state index contributed by atoms with van der Waals surface area (Å²) in [5.41, 5.74) is 5.14. The molecule has 0 spiro atoms. The smallest absolute Gasteiger partial charge is 0.272 e. The molecule has 6 heteroatoms. The maximum atomic E-state index is 11.2. The van der Waals surface area contributed by atoms with Gasteiger partial charge in [0.25, 0.3) is 11.1 Å². The molecular formula is C9H11N3O3. The van der Waals surface area contributed by atoms with E-state index in [4.69, 9.17) is 10.8 Å². The number of aromatic nitrogens is 2. The molecule has 0 atom stereocenters. The first-order valence-electron chi connectivity index (χ1n) is 4.14. The second-order valence-corrected chi connectivity index (χ2v) is 2.68. The van der Waals surface area contributed by atoms with Crippen LogP contribution < -0.4 is 16.9 Å². The highest BCUT2D eigenvalue weighted by atomic mass is 16.2. The zero-order chi connectivity index (χ0) is 11.4. The van der Waals surface area contributed by atoms with Gasteiger partial charge in [0.1, 0.15) is 0 Å². The van der Waals surface area contributed by atoms with E-state index in [9.17, 15) is 9.59 Å². The van der Waals surface area contributed by atoms with Crippen molar-refractivity contribution in [1.29, 1.82) is 0 Å². The van der Waals surface area contributed by atoms with Gasteiger partial charge < -0.3 is 10.8 Å². The number of H-pyrrole nitrogens is 2. The zero-order valence-corrected chi connectivity index (χ0v) is 8.07. The van der Waals surface area contributed by atoms with Gasteiger partial charge in [-0.25, -0.2) is 0 Å². The summed E-state index contributed by atoms with van der Waals surface area (Å²) < 4.78 is 0. The minimum absolute atomic E-state index is 0.242. The fraction of sp³-hybridized carbons (Fsp3) is 0.111. The normalized spacial score (nSPS) is 9.47. The number of fused-ring (bicyclic) bond motifs is 1. The molecule has 0 unspecified atom stereocenters. The van der Waals surface area contributed by atoms with Crippen molar-refractivity contribution in [3.8, 4) is 0 Å². The van der Waals surface area contributed by atoms with Crippen molar-refractivity contribution in [2.75, 3.05) is 12.8 Å². The van der Waals surface area contributed by atoms with E-state index in [0.29, 0.717) is 11.1 Å². The molecule has 1 aromatic heterocycles. The number of nitrogens with two attached hydrogens (primary N) is 1. The lowest BCUT2D eigenvalue weighted by Gasteiger charge is -1.97. The van der Waals surface area contributed by atoms with Gasteiger partial charge in [-0.1, -0.05) is 6.07 Å². The summed E-state index contributed by atoms with van der Waals surface area (Å²) in [6.45, 7) is 0. The molecule has 2 aromatic rings. The number of aromatic amines is 2. The van der Waals surface area contributed by atoms with Crippen molar-refractivity contribution in [2.45, 2.75) is 0 Å². The van der Waals surface area contributed by atoms with E-state index in [1.807, 2.05) is 0 Å². The first-order valence-corrected chi connectivity index (χ1v) is 4.14. The number of rotatable bonds is 0. The summed E-state index contributed by atoms with van der Waals surface area (Å²) in [5.74, 6) is 0. The van der Waals surface area contributed by atoms with Crippen molar-refractivity contribution >= 4 is 16.5 Å². The van der Waals surface area contributed by atoms with Crippen LogP contribution in [0.4, 0.5) is 5.69 Å². The predicted molar refractivity (Wildman–Crippen MR) is 57.7 cm³/mol. The highest BCUT2D eigenvalue weighted by Crippen LogP contribution is 2.11. The summed E-state index contributed by atoms with van der Waals surface area (Å²) in [6.07, 6.45) is 0. The molecule has 1 aromatic carbocycles. The molecule has 0 saturated heterocycles. The van der Waals surface area contributed by atoms with Gasteiger partial charge in [-0.05, 0) is 12.1 Å². The van der Waals surface area contributed by atoms with Crippen LogP contribution in [0.2, 0.25) is 0 Å². The van der Waals surface area contributed by atoms with Crippen molar-refractivity contribution in [1.82, 2.24) is 10.2 Å². The third kappa shape index (κ3) is 1.89. The largest absolute Gasteiger partial charge is 0.400 e. The number of aliphatic hydroxyl groups is 1. The van der Waals surface area contributed by atoms with E-state index < -0.39 is 0 Å². The fourth-order valence-corrected chi connectivity index (χ4v) is 1.26. The molecular weight excluding hydrogens is 198 g/mol. The van der Waals surface area contributed by atoms with Crippen LogP contribution in [0, 0.1) is 0 Å². The van der Waals surface area contributed by atoms with Crippen LogP contribution in [0.3, 0.4) is 0 Å². The Morgan fingerprint density at radius 3 is 2.33 bits per heavy atom. The Morgan fingerprint density at radius 1 is 1.13 bits per heavy atom. The molecule has 80 valence electrons. The summed E-state index contributed by atoms with van der Waals surface area (Å²) >= 11 is 0. The van der Waals surface area contributed by atoms with E-state index in [-0.39, 0.29) is 16.5 Å². The molecule has 1 heterocycles. The quantitative estimate of drug-likeness (QED) is 0.434. The summed E-state index contributed by atoms with van der Waals surface area (Å²) in [5, 5.41) is 12.0. The standard InChI is InChI=1S/C8H7N3O2.CH4O/c9-5-3-1-2-4-6(5)8(13)11-10-7(4)12;1-2/h1-3H,9H2,(H,10,12)(H,11,13);2H,1H3. The number of hydrogen-bond donors (Lipinski definition) is 4. The third-order valence-corrected chi connectivity index (χ3v) is 1.86. The van der Waals surface area contributed by atoms with Gasteiger partial charge in [-0.3, -0.25) is 19.8 Å². The van der Waals surface area contributed by atoms with Crippen LogP contribution in [0.25, 0.3) is 10.8 Å². The Labute approximate surface area is 84.3 Å². The Hall–Kier alpha value is -2.08. The molecule has 0 fully saturated rings. The molecule has 0 aliphatic rings. The van der Waals surface area contributed by atoms with Gasteiger partial charge >= 0.3 is 0 Å². The fourth-order valence-electron chi connectivity index (χ4n) is 1.26. The molecule has 0 aliphatic heterocycles. The molecule has 0 saturated carbocycles. The Bertz CT molecular complexity index is 571. The molecule has 5 N–H and O–H groups in total. The summed E-state index contributed by atoms with van der Waals surface area (Å²) in [6, 6.07) is 4.77. The number of hydrogen-bond acceptors (Lipinski definition) is 4. The lowest BCUT2D eigenvalue weighted by atomic mass is 10.2. The van der Waals surface area contributed by atoms with Crippen LogP contribution in [0.15, 0.2) is 27.8 Å². The van der Waals surface area contributed by atoms with Crippen molar-refractivity contribution < 1.29 is 5.11 Å². The van der Waals surface area contributed by atoms with Crippen LogP contribution in [0.5, 0.6) is 0 Å². The lowest BCUT2D eigenvalue weighted by molar-refractivity contribution is 0.399. The number of benzene rings is 1. The number of nitrogen functional groups attached to an aromatic ring is 1. The van der Waals surface area contributed by atoms with E-state index in [0.717, 1.165) is 7.11 Å². The molecule has 0 bridgehead atoms. The van der Waals surface area contributed by atoms with Gasteiger partial charge in [0, 0.05) is 12.8 Å². The highest BCUT2D eigenvalue weighted by molar-refractivity contribution is 5.91. The highest BCUT2D eigenvalue weighted by Gasteiger charge is 2.04. The maximum Gasteiger partial charge on any atom is 0.272 e. The van der Waals surface area contributed by atoms with Crippen LogP contribution in [-0.4, -0.2) is 22.4 Å². The minimum atomic E-state index is -0.382. The minimum Gasteiger partial charge on any atom is -0.400 e. The zero-order valence-electron chi connectivity index (χ0n) is 8.07. The number of nitrogens with one attached hydrogen (secondary N) is 2. The molecule has 6 nitrogen and oxygen atoms in total. The first-order chi connectivity index (χ1) is 7.20. The molecule has 15 heavy (non-hydrogen) atoms. The van der Waals surface area contributed by atoms with Crippen LogP contribution in [-0.2, 0) is 0 Å². The molecule has 0 aliphatic carbocycles. The Balaban J connectivity index is 0.000000531.